The molecule has 2 heterocycles. The van der Waals surface area contributed by atoms with Gasteiger partial charge in [0.05, 0.1) is 18.1 Å². The Morgan fingerprint density at radius 1 is 1.03 bits per heavy atom. The molecule has 0 radical (unpaired) electrons. The first-order valence-corrected chi connectivity index (χ1v) is 11.3. The van der Waals surface area contributed by atoms with Crippen molar-refractivity contribution in [1.29, 1.82) is 0 Å². The second-order valence-corrected chi connectivity index (χ2v) is 7.90. The Labute approximate surface area is 188 Å². The van der Waals surface area contributed by atoms with E-state index in [2.05, 4.69) is 0 Å². The molecule has 0 aliphatic carbocycles. The predicted molar refractivity (Wildman–Crippen MR) is 120 cm³/mol. The number of esters is 1. The Morgan fingerprint density at radius 2 is 1.69 bits per heavy atom. The van der Waals surface area contributed by atoms with Crippen LogP contribution in [0.25, 0.3) is 10.9 Å². The summed E-state index contributed by atoms with van der Waals surface area (Å²) in [4.78, 5) is 53.9. The Balaban J connectivity index is 1.77. The average Bonchev–Trinajstić information content (AvgIpc) is 3.17. The van der Waals surface area contributed by atoms with Crippen LogP contribution in [0.3, 0.4) is 0 Å². The standard InChI is InChI=1S/C24H31N3O5/c1-4-25(5-2)21(28)16-27-15-19(18-9-7-8-10-20(18)27)22(29)23(30)26-13-11-17(12-14-26)24(31)32-6-3/h7-10,15,17H,4-6,11-14,16H2,1-3H3. The highest BCUT2D eigenvalue weighted by molar-refractivity contribution is 6.44. The van der Waals surface area contributed by atoms with Crippen molar-refractivity contribution < 1.29 is 23.9 Å². The molecule has 32 heavy (non-hydrogen) atoms. The van der Waals surface area contributed by atoms with Gasteiger partial charge in [-0.25, -0.2) is 0 Å². The first-order chi connectivity index (χ1) is 15.4. The zero-order chi connectivity index (χ0) is 23.3. The number of piperidine rings is 1. The highest BCUT2D eigenvalue weighted by atomic mass is 16.5. The van der Waals surface area contributed by atoms with Crippen LogP contribution in [-0.2, 0) is 25.7 Å². The number of carbonyl (C=O) groups excluding carboxylic acids is 4. The van der Waals surface area contributed by atoms with Crippen LogP contribution in [0.5, 0.6) is 0 Å². The normalized spacial score (nSPS) is 14.4. The van der Waals surface area contributed by atoms with Crippen LogP contribution < -0.4 is 0 Å². The highest BCUT2D eigenvalue weighted by Gasteiger charge is 2.32. The SMILES string of the molecule is CCOC(=O)C1CCN(C(=O)C(=O)c2cn(CC(=O)N(CC)CC)c3ccccc23)CC1. The van der Waals surface area contributed by atoms with Crippen molar-refractivity contribution in [3.8, 4) is 0 Å². The van der Waals surface area contributed by atoms with Crippen molar-refractivity contribution in [2.75, 3.05) is 32.8 Å². The number of rotatable bonds is 8. The molecule has 0 spiro atoms. The molecule has 0 saturated carbocycles. The number of likely N-dealkylation sites (tertiary alicyclic amines) is 1. The number of amides is 2. The number of aromatic nitrogens is 1. The molecule has 2 amide bonds. The maximum atomic E-state index is 13.1. The van der Waals surface area contributed by atoms with E-state index < -0.39 is 11.7 Å². The molecule has 0 unspecified atom stereocenters. The highest BCUT2D eigenvalue weighted by Crippen LogP contribution is 2.24. The minimum atomic E-state index is -0.593. The summed E-state index contributed by atoms with van der Waals surface area (Å²) in [5.41, 5.74) is 1.04. The van der Waals surface area contributed by atoms with Crippen LogP contribution in [0.15, 0.2) is 30.5 Å². The lowest BCUT2D eigenvalue weighted by molar-refractivity contribution is -0.150. The quantitative estimate of drug-likeness (QED) is 0.357. The minimum absolute atomic E-state index is 0.0397. The average molecular weight is 442 g/mol. The third-order valence-corrected chi connectivity index (χ3v) is 6.05. The Hall–Kier alpha value is -3.16. The van der Waals surface area contributed by atoms with E-state index in [1.165, 1.54) is 4.90 Å². The summed E-state index contributed by atoms with van der Waals surface area (Å²) in [5.74, 6) is -1.69. The number of nitrogens with zero attached hydrogens (tertiary/aromatic N) is 3. The van der Waals surface area contributed by atoms with Gasteiger partial charge in [-0.1, -0.05) is 18.2 Å². The van der Waals surface area contributed by atoms with Crippen molar-refractivity contribution in [3.05, 3.63) is 36.0 Å². The zero-order valence-electron chi connectivity index (χ0n) is 19.0. The molecule has 1 aliphatic heterocycles. The number of ether oxygens (including phenoxy) is 1. The van der Waals surface area contributed by atoms with Crippen LogP contribution in [0.4, 0.5) is 0 Å². The molecule has 3 rings (SSSR count). The van der Waals surface area contributed by atoms with E-state index in [0.29, 0.717) is 56.6 Å². The number of Topliss-reactive ketones (excluding diaryl/α,β-unsaturated/α-hetero) is 1. The fourth-order valence-electron chi connectivity index (χ4n) is 4.22. The monoisotopic (exact) mass is 441 g/mol. The molecule has 172 valence electrons. The van der Waals surface area contributed by atoms with Crippen molar-refractivity contribution in [3.63, 3.8) is 0 Å². The number of hydrogen-bond donors (Lipinski definition) is 0. The van der Waals surface area contributed by atoms with Crippen LogP contribution in [0, 0.1) is 5.92 Å². The topological polar surface area (TPSA) is 88.9 Å². The number of fused-ring (bicyclic) bond motifs is 1. The summed E-state index contributed by atoms with van der Waals surface area (Å²) in [6, 6.07) is 7.29. The van der Waals surface area contributed by atoms with Crippen molar-refractivity contribution in [2.45, 2.75) is 40.2 Å². The van der Waals surface area contributed by atoms with Crippen LogP contribution in [0.1, 0.15) is 44.0 Å². The maximum Gasteiger partial charge on any atom is 0.309 e. The van der Waals surface area contributed by atoms with Gasteiger partial charge in [0.2, 0.25) is 5.91 Å². The van der Waals surface area contributed by atoms with Gasteiger partial charge in [-0.2, -0.15) is 0 Å². The van der Waals surface area contributed by atoms with Gasteiger partial charge < -0.3 is 19.1 Å². The number of ketones is 1. The first-order valence-electron chi connectivity index (χ1n) is 11.3. The van der Waals surface area contributed by atoms with Crippen LogP contribution in [-0.4, -0.2) is 70.7 Å². The molecule has 8 heteroatoms. The molecular formula is C24H31N3O5. The molecule has 1 fully saturated rings. The van der Waals surface area contributed by atoms with Gasteiger partial charge in [0, 0.05) is 43.3 Å². The van der Waals surface area contributed by atoms with E-state index in [1.54, 1.807) is 28.7 Å². The Kier molecular flexibility index (Phi) is 7.66. The van der Waals surface area contributed by atoms with Gasteiger partial charge in [0.25, 0.3) is 11.7 Å². The zero-order valence-corrected chi connectivity index (χ0v) is 19.0. The third kappa shape index (κ3) is 4.84. The summed E-state index contributed by atoms with van der Waals surface area (Å²) in [6.07, 6.45) is 2.58. The van der Waals surface area contributed by atoms with E-state index in [1.807, 2.05) is 32.0 Å². The third-order valence-electron chi connectivity index (χ3n) is 6.05. The molecule has 8 nitrogen and oxygen atoms in total. The van der Waals surface area contributed by atoms with Crippen LogP contribution >= 0.6 is 0 Å². The summed E-state index contributed by atoms with van der Waals surface area (Å²) in [5, 5.41) is 0.652. The second-order valence-electron chi connectivity index (χ2n) is 7.90. The maximum absolute atomic E-state index is 13.1. The first kappa shape index (κ1) is 23.5. The van der Waals surface area contributed by atoms with Crippen LogP contribution in [0.2, 0.25) is 0 Å². The van der Waals surface area contributed by atoms with Gasteiger partial charge in [0.1, 0.15) is 6.54 Å². The Morgan fingerprint density at radius 3 is 2.31 bits per heavy atom. The van der Waals surface area contributed by atoms with Gasteiger partial charge >= 0.3 is 5.97 Å². The lowest BCUT2D eigenvalue weighted by atomic mass is 9.96. The molecule has 1 aromatic heterocycles. The lowest BCUT2D eigenvalue weighted by Crippen LogP contribution is -2.43. The summed E-state index contributed by atoms with van der Waals surface area (Å²) in [7, 11) is 0. The van der Waals surface area contributed by atoms with Crippen molar-refractivity contribution in [2.24, 2.45) is 5.92 Å². The Bertz CT molecular complexity index is 1000. The van der Waals surface area contributed by atoms with Crippen molar-refractivity contribution in [1.82, 2.24) is 14.4 Å². The molecule has 0 atom stereocenters. The van der Waals surface area contributed by atoms with E-state index in [-0.39, 0.29) is 24.3 Å². The largest absolute Gasteiger partial charge is 0.466 e. The van der Waals surface area contributed by atoms with Gasteiger partial charge in [-0.05, 0) is 39.7 Å². The number of carbonyl (C=O) groups is 4. The summed E-state index contributed by atoms with van der Waals surface area (Å²) < 4.78 is 6.81. The molecule has 1 aromatic carbocycles. The number of para-hydroxylation sites is 1. The fourth-order valence-corrected chi connectivity index (χ4v) is 4.22. The molecule has 0 N–H and O–H groups in total. The van der Waals surface area contributed by atoms with E-state index >= 15 is 0 Å². The molecule has 2 aromatic rings. The molecule has 0 bridgehead atoms. The minimum Gasteiger partial charge on any atom is -0.466 e. The van der Waals surface area contributed by atoms with Gasteiger partial charge in [0.15, 0.2) is 0 Å². The second kappa shape index (κ2) is 10.4. The van der Waals surface area contributed by atoms with E-state index in [0.717, 1.165) is 5.52 Å². The molecule has 1 saturated heterocycles. The fraction of sp³-hybridized carbons (Fsp3) is 0.500. The molecule has 1 aliphatic rings. The summed E-state index contributed by atoms with van der Waals surface area (Å²) in [6.45, 7) is 7.95. The smallest absolute Gasteiger partial charge is 0.309 e. The predicted octanol–water partition coefficient (Wildman–Crippen LogP) is 2.49. The van der Waals surface area contributed by atoms with E-state index in [4.69, 9.17) is 4.74 Å². The summed E-state index contributed by atoms with van der Waals surface area (Å²) >= 11 is 0. The lowest BCUT2D eigenvalue weighted by Gasteiger charge is -2.30. The van der Waals surface area contributed by atoms with Crippen molar-refractivity contribution >= 4 is 34.5 Å². The van der Waals surface area contributed by atoms with E-state index in [9.17, 15) is 19.2 Å². The number of benzene rings is 1. The van der Waals surface area contributed by atoms with Gasteiger partial charge in [-0.15, -0.1) is 0 Å². The van der Waals surface area contributed by atoms with Gasteiger partial charge in [-0.3, -0.25) is 19.2 Å². The number of hydrogen-bond acceptors (Lipinski definition) is 5. The number of likely N-dealkylation sites (N-methyl/N-ethyl adjacent to an activating group) is 1. The molecular weight excluding hydrogens is 410 g/mol.